The van der Waals surface area contributed by atoms with Crippen LogP contribution in [0.4, 0.5) is 0 Å². The third-order valence-corrected chi connectivity index (χ3v) is 7.34. The number of hydrogen-bond acceptors (Lipinski definition) is 2. The fourth-order valence-corrected chi connectivity index (χ4v) is 2.31. The Kier molecular flexibility index (Phi) is 8.51. The summed E-state index contributed by atoms with van der Waals surface area (Å²) in [6, 6.07) is 0. The van der Waals surface area contributed by atoms with Gasteiger partial charge in [-0.1, -0.05) is 32.6 Å². The Hall–Kier alpha value is 0.267. The van der Waals surface area contributed by atoms with Crippen molar-refractivity contribution in [1.29, 1.82) is 0 Å². The average Bonchev–Trinajstić information content (AvgIpc) is 2.16. The van der Waals surface area contributed by atoms with Crippen molar-refractivity contribution in [2.75, 3.05) is 0 Å². The van der Waals surface area contributed by atoms with Crippen LogP contribution in [0.3, 0.4) is 0 Å². The van der Waals surface area contributed by atoms with E-state index in [9.17, 15) is 4.79 Å². The van der Waals surface area contributed by atoms with Crippen molar-refractivity contribution in [2.45, 2.75) is 63.0 Å². The molecule has 0 spiro atoms. The third-order valence-electron chi connectivity index (χ3n) is 2.39. The first-order valence-corrected chi connectivity index (χ1v) is 9.76. The molecule has 0 saturated carbocycles. The van der Waals surface area contributed by atoms with E-state index in [2.05, 4.69) is 6.92 Å². The Morgan fingerprint density at radius 3 is 2.25 bits per heavy atom. The highest BCUT2D eigenvalue weighted by Gasteiger charge is 2.34. The Morgan fingerprint density at radius 1 is 1.19 bits per heavy atom. The lowest BCUT2D eigenvalue weighted by Crippen LogP contribution is -2.40. The largest absolute Gasteiger partial charge is 0.517 e. The number of unbranched alkanes of at least 4 members (excludes halogenated alkanes) is 4. The maximum atomic E-state index is 11.5. The molecule has 5 heteroatoms. The van der Waals surface area contributed by atoms with Crippen molar-refractivity contribution >= 4 is 37.5 Å². The molecule has 0 heterocycles. The average molecular weight is 285 g/mol. The Labute approximate surface area is 110 Å². The van der Waals surface area contributed by atoms with Gasteiger partial charge in [-0.2, -0.15) is 0 Å². The summed E-state index contributed by atoms with van der Waals surface area (Å²) in [5.74, 6) is -0.153. The van der Waals surface area contributed by atoms with Gasteiger partial charge < -0.3 is 4.43 Å². The van der Waals surface area contributed by atoms with Gasteiger partial charge in [0, 0.05) is 6.42 Å². The van der Waals surface area contributed by atoms with Crippen molar-refractivity contribution in [2.24, 2.45) is 0 Å². The molecule has 0 aliphatic rings. The Morgan fingerprint density at radius 2 is 1.75 bits per heavy atom. The molecule has 0 aromatic heterocycles. The van der Waals surface area contributed by atoms with E-state index in [4.69, 9.17) is 27.6 Å². The van der Waals surface area contributed by atoms with Gasteiger partial charge in [0.25, 0.3) is 14.3 Å². The quantitative estimate of drug-likeness (QED) is 0.374. The summed E-state index contributed by atoms with van der Waals surface area (Å²) in [7, 11) is -2.24. The van der Waals surface area contributed by atoms with Gasteiger partial charge in [-0.05, 0) is 19.5 Å². The predicted molar refractivity (Wildman–Crippen MR) is 72.4 cm³/mol. The van der Waals surface area contributed by atoms with Crippen LogP contribution in [0.2, 0.25) is 13.1 Å². The molecule has 0 aliphatic heterocycles. The lowest BCUT2D eigenvalue weighted by atomic mass is 10.1. The first-order chi connectivity index (χ1) is 7.40. The molecule has 96 valence electrons. The zero-order valence-electron chi connectivity index (χ0n) is 10.4. The molecule has 0 amide bonds. The van der Waals surface area contributed by atoms with Crippen molar-refractivity contribution in [3.05, 3.63) is 0 Å². The van der Waals surface area contributed by atoms with Crippen LogP contribution >= 0.6 is 23.2 Å². The second kappa shape index (κ2) is 8.37. The van der Waals surface area contributed by atoms with E-state index in [-0.39, 0.29) is 5.97 Å². The SMILES string of the molecule is CCCCCCCC(=O)O[Si](C)(C)C(Cl)Cl. The summed E-state index contributed by atoms with van der Waals surface area (Å²) in [5, 5.41) is 0. The lowest BCUT2D eigenvalue weighted by Gasteiger charge is -2.23. The molecule has 0 unspecified atom stereocenters. The van der Waals surface area contributed by atoms with Gasteiger partial charge in [0.2, 0.25) is 0 Å². The highest BCUT2D eigenvalue weighted by Crippen LogP contribution is 2.20. The summed E-state index contributed by atoms with van der Waals surface area (Å²) in [6.07, 6.45) is 6.12. The molecular weight excluding hydrogens is 263 g/mol. The molecule has 16 heavy (non-hydrogen) atoms. The van der Waals surface area contributed by atoms with Crippen molar-refractivity contribution < 1.29 is 9.22 Å². The van der Waals surface area contributed by atoms with Crippen LogP contribution in [-0.2, 0) is 9.22 Å². The summed E-state index contributed by atoms with van der Waals surface area (Å²) in [4.78, 5) is 11.5. The summed E-state index contributed by atoms with van der Waals surface area (Å²) >= 11 is 11.5. The fraction of sp³-hybridized carbons (Fsp3) is 0.909. The van der Waals surface area contributed by atoms with E-state index in [1.54, 1.807) is 0 Å². The van der Waals surface area contributed by atoms with Gasteiger partial charge in [0.15, 0.2) is 0 Å². The molecule has 0 aliphatic carbocycles. The van der Waals surface area contributed by atoms with Gasteiger partial charge in [0.05, 0.1) is 0 Å². The highest BCUT2D eigenvalue weighted by atomic mass is 35.5. The summed E-state index contributed by atoms with van der Waals surface area (Å²) < 4.78 is 4.78. The molecule has 0 aromatic rings. The summed E-state index contributed by atoms with van der Waals surface area (Å²) in [6.45, 7) is 5.88. The van der Waals surface area contributed by atoms with Gasteiger partial charge in [-0.25, -0.2) is 0 Å². The molecule has 0 saturated heterocycles. The number of alkyl halides is 2. The zero-order chi connectivity index (χ0) is 12.6. The molecule has 0 bridgehead atoms. The van der Waals surface area contributed by atoms with Crippen LogP contribution in [-0.4, -0.2) is 18.7 Å². The van der Waals surface area contributed by atoms with Crippen LogP contribution in [0, 0.1) is 0 Å². The Bertz CT molecular complexity index is 208. The summed E-state index contributed by atoms with van der Waals surface area (Å²) in [5.41, 5.74) is 0. The van der Waals surface area contributed by atoms with Gasteiger partial charge in [0.1, 0.15) is 4.46 Å². The normalized spacial score (nSPS) is 11.9. The number of halogens is 2. The first-order valence-electron chi connectivity index (χ1n) is 5.90. The van der Waals surface area contributed by atoms with Crippen molar-refractivity contribution in [3.63, 3.8) is 0 Å². The second-order valence-corrected chi connectivity index (χ2v) is 10.4. The van der Waals surface area contributed by atoms with Crippen molar-refractivity contribution in [1.82, 2.24) is 0 Å². The fourth-order valence-electron chi connectivity index (χ4n) is 1.26. The van der Waals surface area contributed by atoms with E-state index in [1.165, 1.54) is 19.3 Å². The molecule has 0 radical (unpaired) electrons. The van der Waals surface area contributed by atoms with E-state index in [0.29, 0.717) is 6.42 Å². The molecule has 0 aromatic carbocycles. The van der Waals surface area contributed by atoms with Crippen LogP contribution in [0.5, 0.6) is 0 Å². The molecular formula is C11H22Cl2O2Si. The van der Waals surface area contributed by atoms with Gasteiger partial charge in [-0.15, -0.1) is 23.2 Å². The van der Waals surface area contributed by atoms with E-state index >= 15 is 0 Å². The van der Waals surface area contributed by atoms with E-state index in [1.807, 2.05) is 13.1 Å². The molecule has 0 N–H and O–H groups in total. The topological polar surface area (TPSA) is 26.3 Å². The number of hydrogen-bond donors (Lipinski definition) is 0. The minimum atomic E-state index is -2.24. The molecule has 0 atom stereocenters. The lowest BCUT2D eigenvalue weighted by molar-refractivity contribution is -0.135. The Balaban J connectivity index is 3.66. The predicted octanol–water partition coefficient (Wildman–Crippen LogP) is 4.44. The van der Waals surface area contributed by atoms with Gasteiger partial charge in [-0.3, -0.25) is 4.79 Å². The monoisotopic (exact) mass is 284 g/mol. The molecule has 2 nitrogen and oxygen atoms in total. The highest BCUT2D eigenvalue weighted by molar-refractivity contribution is 6.88. The van der Waals surface area contributed by atoms with E-state index in [0.717, 1.165) is 12.8 Å². The zero-order valence-corrected chi connectivity index (χ0v) is 12.9. The standard InChI is InChI=1S/C11H22Cl2O2Si/c1-4-5-6-7-8-9-10(14)15-16(2,3)11(12)13/h11H,4-9H2,1-3H3. The van der Waals surface area contributed by atoms with Gasteiger partial charge >= 0.3 is 0 Å². The van der Waals surface area contributed by atoms with Crippen LogP contribution in [0.15, 0.2) is 0 Å². The number of carbonyl (C=O) groups is 1. The maximum Gasteiger partial charge on any atom is 0.292 e. The van der Waals surface area contributed by atoms with Crippen LogP contribution < -0.4 is 0 Å². The minimum absolute atomic E-state index is 0.153. The minimum Gasteiger partial charge on any atom is -0.517 e. The van der Waals surface area contributed by atoms with Crippen LogP contribution in [0.1, 0.15) is 45.4 Å². The first kappa shape index (κ1) is 16.3. The van der Waals surface area contributed by atoms with E-state index < -0.39 is 12.8 Å². The second-order valence-electron chi connectivity index (χ2n) is 4.54. The smallest absolute Gasteiger partial charge is 0.292 e. The molecule has 0 fully saturated rings. The molecule has 0 rings (SSSR count). The maximum absolute atomic E-state index is 11.5. The van der Waals surface area contributed by atoms with Crippen molar-refractivity contribution in [3.8, 4) is 0 Å². The number of carbonyl (C=O) groups excluding carboxylic acids is 1. The van der Waals surface area contributed by atoms with Crippen LogP contribution in [0.25, 0.3) is 0 Å². The number of rotatable bonds is 8. The third kappa shape index (κ3) is 7.53.